The Labute approximate surface area is 241 Å². The van der Waals surface area contributed by atoms with Crippen molar-refractivity contribution in [3.05, 3.63) is 77.0 Å². The summed E-state index contributed by atoms with van der Waals surface area (Å²) in [6.07, 6.45) is 8.03. The van der Waals surface area contributed by atoms with Crippen molar-refractivity contribution in [2.24, 2.45) is 5.92 Å². The lowest BCUT2D eigenvalue weighted by atomic mass is 9.99. The molecule has 0 radical (unpaired) electrons. The van der Waals surface area contributed by atoms with Crippen LogP contribution in [-0.2, 0) is 13.0 Å². The molecule has 5 heteroatoms. The van der Waals surface area contributed by atoms with Crippen molar-refractivity contribution in [2.75, 3.05) is 19.6 Å². The van der Waals surface area contributed by atoms with Gasteiger partial charge in [-0.2, -0.15) is 0 Å². The van der Waals surface area contributed by atoms with Gasteiger partial charge in [0.2, 0.25) is 0 Å². The number of aromatic nitrogens is 1. The van der Waals surface area contributed by atoms with Crippen molar-refractivity contribution in [1.29, 1.82) is 0 Å². The first-order valence-electron chi connectivity index (χ1n) is 15.5. The van der Waals surface area contributed by atoms with Crippen molar-refractivity contribution in [2.45, 2.75) is 98.1 Å². The highest BCUT2D eigenvalue weighted by Gasteiger charge is 2.29. The van der Waals surface area contributed by atoms with Crippen LogP contribution in [0.25, 0.3) is 11.3 Å². The number of nitrogens with zero attached hydrogens (tertiary/aromatic N) is 3. The lowest BCUT2D eigenvalue weighted by molar-refractivity contribution is 0.0546. The predicted octanol–water partition coefficient (Wildman–Crippen LogP) is 8.35. The summed E-state index contributed by atoms with van der Waals surface area (Å²) in [4.78, 5) is 18.7. The molecule has 5 nitrogen and oxygen atoms in total. The van der Waals surface area contributed by atoms with E-state index in [1.165, 1.54) is 31.2 Å². The first-order valence-corrected chi connectivity index (χ1v) is 15.5. The maximum atomic E-state index is 14.0. The lowest BCUT2D eigenvalue weighted by Gasteiger charge is -2.39. The van der Waals surface area contributed by atoms with Crippen LogP contribution in [0.15, 0.2) is 59.1 Å². The van der Waals surface area contributed by atoms with Gasteiger partial charge in [0, 0.05) is 42.9 Å². The molecule has 0 bridgehead atoms. The number of hydrogen-bond acceptors (Lipinski definition) is 4. The molecule has 4 rings (SSSR count). The quantitative estimate of drug-likeness (QED) is 0.203. The highest BCUT2D eigenvalue weighted by atomic mass is 16.5. The molecule has 1 saturated heterocycles. The molecular weight excluding hydrogens is 494 g/mol. The Morgan fingerprint density at radius 1 is 0.975 bits per heavy atom. The maximum Gasteiger partial charge on any atom is 0.254 e. The minimum atomic E-state index is 0.140. The second kappa shape index (κ2) is 14.6. The summed E-state index contributed by atoms with van der Waals surface area (Å²) >= 11 is 0. The Morgan fingerprint density at radius 2 is 1.65 bits per heavy atom. The fourth-order valence-electron chi connectivity index (χ4n) is 5.49. The van der Waals surface area contributed by atoms with Gasteiger partial charge in [0.25, 0.3) is 5.91 Å². The van der Waals surface area contributed by atoms with Crippen molar-refractivity contribution < 1.29 is 9.32 Å². The molecule has 0 atom stereocenters. The van der Waals surface area contributed by atoms with E-state index in [2.05, 4.69) is 86.0 Å². The SMILES string of the molecule is CCCCCc1ccc(C(=O)N(Cc2ccc(-c3cc(C(C)C)no3)cc2)C2CCN(CCC(C)C)CC2)cc1. The number of hydrogen-bond donors (Lipinski definition) is 0. The maximum absolute atomic E-state index is 14.0. The van der Waals surface area contributed by atoms with Gasteiger partial charge in [0.05, 0.1) is 5.69 Å². The number of aryl methyl sites for hydroxylation is 1. The third kappa shape index (κ3) is 8.30. The molecule has 1 aliphatic rings. The van der Waals surface area contributed by atoms with E-state index in [1.54, 1.807) is 0 Å². The third-order valence-electron chi connectivity index (χ3n) is 8.26. The van der Waals surface area contributed by atoms with Crippen molar-refractivity contribution in [1.82, 2.24) is 15.0 Å². The summed E-state index contributed by atoms with van der Waals surface area (Å²) in [6, 6.07) is 19.1. The third-order valence-corrected chi connectivity index (χ3v) is 8.26. The highest BCUT2D eigenvalue weighted by Crippen LogP contribution is 2.26. The average Bonchev–Trinajstić information content (AvgIpc) is 3.47. The van der Waals surface area contributed by atoms with Gasteiger partial charge in [0.1, 0.15) is 0 Å². The zero-order chi connectivity index (χ0) is 28.5. The number of amides is 1. The van der Waals surface area contributed by atoms with Crippen LogP contribution >= 0.6 is 0 Å². The molecule has 3 aromatic rings. The molecule has 0 aliphatic carbocycles. The van der Waals surface area contributed by atoms with Crippen LogP contribution in [0, 0.1) is 5.92 Å². The molecule has 1 amide bonds. The standard InChI is InChI=1S/C35H49N3O2/c1-6-7-8-9-28-10-16-31(17-11-28)35(39)38(32-19-22-37(23-20-32)21-18-26(2)3)25-29-12-14-30(15-13-29)34-24-33(27(4)5)36-40-34/h10-17,24,26-27,32H,6-9,18-23,25H2,1-5H3. The monoisotopic (exact) mass is 543 g/mol. The van der Waals surface area contributed by atoms with Crippen LogP contribution in [0.2, 0.25) is 0 Å². The summed E-state index contributed by atoms with van der Waals surface area (Å²) in [7, 11) is 0. The topological polar surface area (TPSA) is 49.6 Å². The second-order valence-corrected chi connectivity index (χ2v) is 12.3. The van der Waals surface area contributed by atoms with Gasteiger partial charge in [-0.25, -0.2) is 0 Å². The van der Waals surface area contributed by atoms with Crippen LogP contribution in [0.3, 0.4) is 0 Å². The molecule has 1 aliphatic heterocycles. The molecule has 1 fully saturated rings. The smallest absolute Gasteiger partial charge is 0.254 e. The van der Waals surface area contributed by atoms with Gasteiger partial charge < -0.3 is 14.3 Å². The molecule has 0 saturated carbocycles. The summed E-state index contributed by atoms with van der Waals surface area (Å²) in [5.41, 5.74) is 5.23. The van der Waals surface area contributed by atoms with Gasteiger partial charge in [-0.1, -0.05) is 89.0 Å². The van der Waals surface area contributed by atoms with E-state index in [9.17, 15) is 4.79 Å². The number of rotatable bonds is 13. The van der Waals surface area contributed by atoms with Crippen LogP contribution in [0.5, 0.6) is 0 Å². The summed E-state index contributed by atoms with van der Waals surface area (Å²) in [6.45, 7) is 14.9. The molecule has 0 unspecified atom stereocenters. The van der Waals surface area contributed by atoms with Crippen molar-refractivity contribution in [3.8, 4) is 11.3 Å². The van der Waals surface area contributed by atoms with Crippen LogP contribution in [-0.4, -0.2) is 46.5 Å². The normalized spacial score (nSPS) is 14.8. The minimum absolute atomic E-state index is 0.140. The molecule has 0 N–H and O–H groups in total. The van der Waals surface area contributed by atoms with Gasteiger partial charge in [-0.15, -0.1) is 0 Å². The molecule has 216 valence electrons. The summed E-state index contributed by atoms with van der Waals surface area (Å²) in [5.74, 6) is 1.98. The second-order valence-electron chi connectivity index (χ2n) is 12.3. The fraction of sp³-hybridized carbons (Fsp3) is 0.543. The van der Waals surface area contributed by atoms with Crippen molar-refractivity contribution in [3.63, 3.8) is 0 Å². The molecule has 1 aromatic heterocycles. The molecule has 40 heavy (non-hydrogen) atoms. The van der Waals surface area contributed by atoms with Crippen LogP contribution in [0.4, 0.5) is 0 Å². The Morgan fingerprint density at radius 3 is 2.25 bits per heavy atom. The van der Waals surface area contributed by atoms with Gasteiger partial charge in [-0.3, -0.25) is 4.79 Å². The Balaban J connectivity index is 1.48. The van der Waals surface area contributed by atoms with Crippen molar-refractivity contribution >= 4 is 5.91 Å². The highest BCUT2D eigenvalue weighted by molar-refractivity contribution is 5.94. The molecule has 2 aromatic carbocycles. The van der Waals surface area contributed by atoms with Gasteiger partial charge in [-0.05, 0) is 73.7 Å². The van der Waals surface area contributed by atoms with Gasteiger partial charge >= 0.3 is 0 Å². The summed E-state index contributed by atoms with van der Waals surface area (Å²) < 4.78 is 5.59. The number of unbranched alkanes of at least 4 members (excludes halogenated alkanes) is 2. The number of carbonyl (C=O) groups is 1. The van der Waals surface area contributed by atoms with E-state index in [4.69, 9.17) is 4.52 Å². The van der Waals surface area contributed by atoms with Crippen LogP contribution in [0.1, 0.15) is 106 Å². The number of likely N-dealkylation sites (tertiary alicyclic amines) is 1. The van der Waals surface area contributed by atoms with E-state index in [0.29, 0.717) is 12.5 Å². The largest absolute Gasteiger partial charge is 0.356 e. The number of carbonyl (C=O) groups excluding carboxylic acids is 1. The Kier molecular flexibility index (Phi) is 11.0. The van der Waals surface area contributed by atoms with Gasteiger partial charge in [0.15, 0.2) is 5.76 Å². The van der Waals surface area contributed by atoms with E-state index in [1.807, 2.05) is 18.2 Å². The zero-order valence-corrected chi connectivity index (χ0v) is 25.4. The Hall–Kier alpha value is -2.92. The predicted molar refractivity (Wildman–Crippen MR) is 164 cm³/mol. The molecular formula is C35H49N3O2. The van der Waals surface area contributed by atoms with E-state index < -0.39 is 0 Å². The summed E-state index contributed by atoms with van der Waals surface area (Å²) in [5, 5.41) is 4.20. The first kappa shape index (κ1) is 30.0. The minimum Gasteiger partial charge on any atom is -0.356 e. The lowest BCUT2D eigenvalue weighted by Crippen LogP contribution is -2.47. The number of piperidine rings is 1. The van der Waals surface area contributed by atoms with E-state index in [-0.39, 0.29) is 11.9 Å². The number of benzene rings is 2. The Bertz CT molecular complexity index is 1170. The average molecular weight is 544 g/mol. The molecule has 2 heterocycles. The fourth-order valence-corrected chi connectivity index (χ4v) is 5.49. The zero-order valence-electron chi connectivity index (χ0n) is 25.4. The van der Waals surface area contributed by atoms with E-state index >= 15 is 0 Å². The van der Waals surface area contributed by atoms with Crippen LogP contribution < -0.4 is 0 Å². The van der Waals surface area contributed by atoms with E-state index in [0.717, 1.165) is 73.0 Å². The molecule has 0 spiro atoms. The first-order chi connectivity index (χ1) is 19.3.